The summed E-state index contributed by atoms with van der Waals surface area (Å²) in [5.41, 5.74) is 41.5. The third-order valence-corrected chi connectivity index (χ3v) is 18.2. The Morgan fingerprint density at radius 1 is 0.453 bits per heavy atom. The number of hydrogen-bond acceptors (Lipinski definition) is 25. The van der Waals surface area contributed by atoms with E-state index in [2.05, 4.69) is 64.1 Å². The van der Waals surface area contributed by atoms with E-state index in [1.165, 1.54) is 40.5 Å². The van der Waals surface area contributed by atoms with Crippen LogP contribution in [0.25, 0.3) is 37.4 Å². The quantitative estimate of drug-likeness (QED) is 0.0108. The zero-order valence-electron chi connectivity index (χ0n) is 63.6. The highest BCUT2D eigenvalue weighted by Crippen LogP contribution is 2.47. The van der Waals surface area contributed by atoms with Gasteiger partial charge in [0.25, 0.3) is 0 Å². The van der Waals surface area contributed by atoms with Crippen LogP contribution in [0, 0.1) is 0 Å². The van der Waals surface area contributed by atoms with E-state index in [1.54, 1.807) is 41.8 Å². The first-order valence-corrected chi connectivity index (χ1v) is 38.2. The second-order valence-electron chi connectivity index (χ2n) is 26.3. The number of aliphatic hydroxyl groups excluding tert-OH is 4. The summed E-state index contributed by atoms with van der Waals surface area (Å²) in [6.45, 7) is 7.75. The second-order valence-corrected chi connectivity index (χ2v) is 28.2. The van der Waals surface area contributed by atoms with Crippen molar-refractivity contribution in [1.29, 1.82) is 0 Å². The molecule has 3 fully saturated rings. The molecule has 0 radical (unpaired) electrons. The Bertz CT molecular complexity index is 5060. The number of azide groups is 2. The van der Waals surface area contributed by atoms with Gasteiger partial charge >= 0.3 is 4.96 Å². The van der Waals surface area contributed by atoms with E-state index < -0.39 is 83.7 Å². The molecule has 616 valence electrons. The number of nitrogen functional groups attached to an aromatic ring is 3. The second kappa shape index (κ2) is 44.8. The van der Waals surface area contributed by atoms with Crippen LogP contribution < -0.4 is 17.2 Å². The maximum atomic E-state index is 12.3. The number of benzene rings is 6. The van der Waals surface area contributed by atoms with Gasteiger partial charge in [-0.2, -0.15) is 49.7 Å². The molecule has 6 aromatic carbocycles. The fraction of sp³-hybridized carbons (Fsp3) is 0.333. The summed E-state index contributed by atoms with van der Waals surface area (Å²) in [6, 6.07) is 69.0. The first-order valence-electron chi connectivity index (χ1n) is 36.9. The molecule has 12 aromatic rings. The molecule has 9 heterocycles. The maximum absolute atomic E-state index is 12.3. The molecular formula is C81H94BCl3N18O14. The molecule has 0 saturated carbocycles. The van der Waals surface area contributed by atoms with Gasteiger partial charge in [-0.25, -0.2) is 28.5 Å². The van der Waals surface area contributed by atoms with Crippen LogP contribution in [-0.2, 0) is 99.5 Å². The minimum Gasteiger partial charge on any atom is -0.397 e. The van der Waals surface area contributed by atoms with Crippen molar-refractivity contribution < 1.29 is 68.2 Å². The molecule has 0 amide bonds. The third kappa shape index (κ3) is 22.7. The number of fused-ring (bicyclic) bond motifs is 3. The molecule has 3 aliphatic heterocycles. The molecule has 0 spiro atoms. The summed E-state index contributed by atoms with van der Waals surface area (Å²) in [4.78, 5) is 17.2. The highest BCUT2D eigenvalue weighted by molar-refractivity contribution is 7.54. The number of rotatable bonds is 26. The smallest absolute Gasteiger partial charge is 0.397 e. The number of nitrogens with zero attached hydrogens (tertiary/aromatic N) is 15. The van der Waals surface area contributed by atoms with Crippen LogP contribution in [0.2, 0.25) is 0 Å². The summed E-state index contributed by atoms with van der Waals surface area (Å²) in [6.07, 6.45) is -3.49. The van der Waals surface area contributed by atoms with Crippen molar-refractivity contribution in [1.82, 2.24) is 43.8 Å². The molecular weight excluding hydrogens is 1570 g/mol. The molecule has 3 saturated heterocycles. The first-order chi connectivity index (χ1) is 56.4. The normalized spacial score (nSPS) is 22.2. The molecule has 0 bridgehead atoms. The summed E-state index contributed by atoms with van der Waals surface area (Å²) in [5.74, 6) is -1.18. The van der Waals surface area contributed by atoms with Crippen LogP contribution in [0.15, 0.2) is 248 Å². The monoisotopic (exact) mass is 1660 g/mol. The van der Waals surface area contributed by atoms with Gasteiger partial charge in [-0.3, -0.25) is 0 Å². The average Bonchev–Trinajstić information content (AvgIpc) is 1.59. The number of nitrogens with two attached hydrogens (primary N) is 3. The summed E-state index contributed by atoms with van der Waals surface area (Å²) < 4.78 is 61.3. The van der Waals surface area contributed by atoms with Crippen molar-refractivity contribution in [2.75, 3.05) is 43.6 Å². The van der Waals surface area contributed by atoms with Crippen molar-refractivity contribution in [3.8, 4) is 0 Å². The van der Waals surface area contributed by atoms with Gasteiger partial charge in [0.05, 0.1) is 70.8 Å². The molecule has 12 atom stereocenters. The van der Waals surface area contributed by atoms with Gasteiger partial charge in [0, 0.05) is 16.4 Å². The van der Waals surface area contributed by atoms with E-state index in [1.807, 2.05) is 182 Å². The Labute approximate surface area is 690 Å². The number of ether oxygens (including phenoxy) is 9. The summed E-state index contributed by atoms with van der Waals surface area (Å²) in [7, 11) is 0. The van der Waals surface area contributed by atoms with E-state index in [9.17, 15) is 26.0 Å². The van der Waals surface area contributed by atoms with Crippen LogP contribution in [0.3, 0.4) is 0 Å². The topological polar surface area (TPSA) is 450 Å². The third-order valence-electron chi connectivity index (χ3n) is 18.2. The Hall–Kier alpha value is -10.4. The summed E-state index contributed by atoms with van der Waals surface area (Å²) in [5, 5.41) is 69.9. The SMILES string of the molecule is C.CCC.CCO.ClB(Cl)Cl.Nc1ncnn2c(C3(O)O[C@H](COCc4ccccc4)[C@@H](OCc4ccccc4)[C@H]3OCc3ccccc3)ccc12.[N-]=[N+]=N[C@@]1(c2ccc3c(N)ncnn23)O[C@H](CO)[C@@H](O)[C@H]1O.[N-]=[N+]=N[C@@]1(c2ccc3c(N)ncnn23)O[C@H](COCc2ccccc2)[C@@H](OCc2ccccc2)[C@H]1OCc1ccccc1. The van der Waals surface area contributed by atoms with Gasteiger partial charge in [-0.1, -0.05) is 210 Å². The van der Waals surface area contributed by atoms with Gasteiger partial charge < -0.3 is 85.4 Å². The maximum Gasteiger partial charge on any atom is 0.450 e. The van der Waals surface area contributed by atoms with E-state index >= 15 is 0 Å². The molecule has 6 aromatic heterocycles. The van der Waals surface area contributed by atoms with E-state index in [-0.39, 0.29) is 70.2 Å². The average molecular weight is 1660 g/mol. The standard InChI is InChI=1S/C32H31N7O4.C32H32N4O5.C11H13N7O4.C3H8.C2H6O.CH4.BCl3/c33-31-26-16-17-28(39(26)36-22-35-31)32(37-38-34)30(42-20-25-14-8-3-9-15-25)29(41-19-24-12-6-2-7-13-24)27(43-32)21-40-18-23-10-4-1-5-11-23;33-31-26-16-17-28(36(26)35-22-34-31)32(37)30(40-20-25-14-8-3-9-15-25)29(39-19-24-12-6-2-7-13-24)27(41-32)21-38-18-23-10-4-1-5-11-23;12-10-5-1-2-7(18(5)15-4-14-10)11(16-17-13)9(21)8(20)6(3-19)22-11;1-3-2;1-2-3;;2-1(3)4/h1-17,22,27,29-30H,18-21H2,(H2,33,35,36);1-17,22,27,29-30,37H,18-21H2,(H2,33,34,35);1-2,4,6,8-9,19-21H,3H2,(H2,12,14,15);3H2,1-2H3;3H,2H2,1H3;1H4;/t27-,29-,30-,32+;27-,29-,30-,32?;6-,8-,9-,11+;;;;/m111..../s1. The molecule has 11 N–H and O–H groups in total. The Balaban J connectivity index is 0.000000196. The number of halogens is 3. The van der Waals surface area contributed by atoms with Gasteiger partial charge in [-0.05, 0) is 98.0 Å². The zero-order chi connectivity index (χ0) is 82.5. The Morgan fingerprint density at radius 2 is 0.752 bits per heavy atom. The lowest BCUT2D eigenvalue weighted by Gasteiger charge is -2.31. The zero-order valence-corrected chi connectivity index (χ0v) is 65.8. The van der Waals surface area contributed by atoms with E-state index in [0.29, 0.717) is 47.8 Å². The highest BCUT2D eigenvalue weighted by atomic mass is 35.6. The van der Waals surface area contributed by atoms with Gasteiger partial charge in [0.2, 0.25) is 17.2 Å². The highest BCUT2D eigenvalue weighted by Gasteiger charge is 2.61. The minimum atomic E-state index is -1.94. The van der Waals surface area contributed by atoms with Gasteiger partial charge in [0.15, 0.2) is 17.5 Å². The Kier molecular flexibility index (Phi) is 34.6. The van der Waals surface area contributed by atoms with Crippen LogP contribution in [0.4, 0.5) is 17.5 Å². The lowest BCUT2D eigenvalue weighted by Crippen LogP contribution is -2.45. The minimum absolute atomic E-state index is 0. The van der Waals surface area contributed by atoms with Crippen molar-refractivity contribution >= 4 is 73.3 Å². The molecule has 117 heavy (non-hydrogen) atoms. The largest absolute Gasteiger partial charge is 0.450 e. The number of aliphatic hydroxyl groups is 5. The first kappa shape index (κ1) is 90.5. The van der Waals surface area contributed by atoms with Crippen LogP contribution in [0.5, 0.6) is 0 Å². The lowest BCUT2D eigenvalue weighted by molar-refractivity contribution is -0.256. The number of aromatic nitrogens is 9. The van der Waals surface area contributed by atoms with Crippen LogP contribution in [0.1, 0.15) is 85.1 Å². The number of anilines is 3. The molecule has 32 nitrogen and oxygen atoms in total. The van der Waals surface area contributed by atoms with Gasteiger partial charge in [-0.15, -0.1) is 0 Å². The van der Waals surface area contributed by atoms with Crippen molar-refractivity contribution in [2.45, 2.75) is 146 Å². The summed E-state index contributed by atoms with van der Waals surface area (Å²) >= 11 is 14.4. The molecule has 1 unspecified atom stereocenters. The predicted molar refractivity (Wildman–Crippen MR) is 443 cm³/mol. The van der Waals surface area contributed by atoms with Crippen LogP contribution >= 0.6 is 34.4 Å². The lowest BCUT2D eigenvalue weighted by atomic mass is 9.99. The van der Waals surface area contributed by atoms with Crippen molar-refractivity contribution in [3.05, 3.63) is 309 Å². The number of hydrogen-bond donors (Lipinski definition) is 8. The fourth-order valence-electron chi connectivity index (χ4n) is 13.1. The molecule has 0 aliphatic carbocycles. The van der Waals surface area contributed by atoms with Crippen molar-refractivity contribution in [2.24, 2.45) is 10.2 Å². The Morgan fingerprint density at radius 3 is 1.11 bits per heavy atom. The molecule has 3 aliphatic rings. The van der Waals surface area contributed by atoms with E-state index in [0.717, 1.165) is 33.4 Å². The molecule has 36 heteroatoms. The fourth-order valence-corrected chi connectivity index (χ4v) is 13.1. The van der Waals surface area contributed by atoms with E-state index in [4.69, 9.17) is 105 Å². The van der Waals surface area contributed by atoms with Gasteiger partial charge in [0.1, 0.15) is 96.2 Å². The predicted octanol–water partition coefficient (Wildman–Crippen LogP) is 12.4. The molecule has 15 rings (SSSR count). The van der Waals surface area contributed by atoms with Crippen molar-refractivity contribution in [3.63, 3.8) is 0 Å². The van der Waals surface area contributed by atoms with Crippen LogP contribution in [-0.4, -0.2) is 156 Å².